The van der Waals surface area contributed by atoms with Crippen molar-refractivity contribution in [2.45, 2.75) is 46.2 Å². The fourth-order valence-electron chi connectivity index (χ4n) is 2.48. The molecule has 112 valence electrons. The molecule has 2 atom stereocenters. The minimum absolute atomic E-state index is 0.104. The summed E-state index contributed by atoms with van der Waals surface area (Å²) in [5.41, 5.74) is 1.27. The average Bonchev–Trinajstić information content (AvgIpc) is 2.84. The zero-order valence-electron chi connectivity index (χ0n) is 12.8. The summed E-state index contributed by atoms with van der Waals surface area (Å²) in [5, 5.41) is 12.8. The van der Waals surface area contributed by atoms with Gasteiger partial charge in [0, 0.05) is 18.7 Å². The molecule has 0 aromatic heterocycles. The number of hydrogen-bond acceptors (Lipinski definition) is 4. The lowest BCUT2D eigenvalue weighted by Gasteiger charge is -2.34. The second kappa shape index (κ2) is 6.02. The second-order valence-electron chi connectivity index (χ2n) is 6.43. The van der Waals surface area contributed by atoms with Gasteiger partial charge in [-0.15, -0.1) is 0 Å². The van der Waals surface area contributed by atoms with E-state index in [1.54, 1.807) is 0 Å². The summed E-state index contributed by atoms with van der Waals surface area (Å²) >= 11 is 0. The van der Waals surface area contributed by atoms with E-state index in [9.17, 15) is 5.11 Å². The van der Waals surface area contributed by atoms with Crippen LogP contribution in [0.3, 0.4) is 0 Å². The van der Waals surface area contributed by atoms with Gasteiger partial charge in [-0.1, -0.05) is 26.8 Å². The molecule has 1 heterocycles. The Kier molecular flexibility index (Phi) is 4.55. The van der Waals surface area contributed by atoms with Crippen LogP contribution < -0.4 is 14.8 Å². The van der Waals surface area contributed by atoms with Gasteiger partial charge in [0.05, 0.1) is 0 Å². The van der Waals surface area contributed by atoms with Crippen LogP contribution in [0.25, 0.3) is 0 Å². The zero-order valence-corrected chi connectivity index (χ0v) is 12.8. The summed E-state index contributed by atoms with van der Waals surface area (Å²) < 4.78 is 10.8. The Morgan fingerprint density at radius 3 is 2.60 bits per heavy atom. The van der Waals surface area contributed by atoms with Crippen LogP contribution in [0.2, 0.25) is 0 Å². The van der Waals surface area contributed by atoms with E-state index >= 15 is 0 Å². The van der Waals surface area contributed by atoms with Crippen molar-refractivity contribution in [2.75, 3.05) is 13.4 Å². The molecule has 4 nitrogen and oxygen atoms in total. The Hall–Kier alpha value is -1.26. The van der Waals surface area contributed by atoms with Gasteiger partial charge in [0.25, 0.3) is 0 Å². The fraction of sp³-hybridized carbons (Fsp3) is 0.625. The molecule has 0 saturated heterocycles. The van der Waals surface area contributed by atoms with Crippen molar-refractivity contribution in [1.82, 2.24) is 5.32 Å². The van der Waals surface area contributed by atoms with Crippen LogP contribution in [0, 0.1) is 5.41 Å². The minimum Gasteiger partial charge on any atom is -0.454 e. The quantitative estimate of drug-likeness (QED) is 0.870. The minimum atomic E-state index is 0.104. The molecule has 0 radical (unpaired) electrons. The molecule has 20 heavy (non-hydrogen) atoms. The molecule has 1 aliphatic rings. The van der Waals surface area contributed by atoms with Crippen molar-refractivity contribution < 1.29 is 14.6 Å². The Balaban J connectivity index is 2.08. The summed E-state index contributed by atoms with van der Waals surface area (Å²) in [6.07, 6.45) is 0.748. The summed E-state index contributed by atoms with van der Waals surface area (Å²) in [4.78, 5) is 0. The van der Waals surface area contributed by atoms with Crippen molar-refractivity contribution in [3.05, 3.63) is 23.8 Å². The van der Waals surface area contributed by atoms with Crippen LogP contribution in [0.5, 0.6) is 11.5 Å². The van der Waals surface area contributed by atoms with Crippen LogP contribution in [-0.2, 0) is 0 Å². The molecular formula is C16H25NO3. The molecule has 2 rings (SSSR count). The van der Waals surface area contributed by atoms with E-state index in [0.717, 1.165) is 17.9 Å². The SMILES string of the molecule is CC(NC(CCO)C(C)(C)C)c1ccc2c(c1)OCO2. The van der Waals surface area contributed by atoms with Gasteiger partial charge in [-0.2, -0.15) is 0 Å². The number of rotatable bonds is 5. The van der Waals surface area contributed by atoms with Crippen LogP contribution >= 0.6 is 0 Å². The average molecular weight is 279 g/mol. The van der Waals surface area contributed by atoms with Gasteiger partial charge < -0.3 is 19.9 Å². The zero-order chi connectivity index (χ0) is 14.8. The van der Waals surface area contributed by atoms with Crippen molar-refractivity contribution in [1.29, 1.82) is 0 Å². The highest BCUT2D eigenvalue weighted by molar-refractivity contribution is 5.45. The lowest BCUT2D eigenvalue weighted by atomic mass is 9.84. The third-order valence-corrected chi connectivity index (χ3v) is 3.81. The van der Waals surface area contributed by atoms with E-state index in [2.05, 4.69) is 39.1 Å². The lowest BCUT2D eigenvalue weighted by Crippen LogP contribution is -2.42. The van der Waals surface area contributed by atoms with Gasteiger partial charge in [0.2, 0.25) is 6.79 Å². The maximum Gasteiger partial charge on any atom is 0.231 e. The molecule has 0 spiro atoms. The topological polar surface area (TPSA) is 50.7 Å². The first-order valence-corrected chi connectivity index (χ1v) is 7.18. The summed E-state index contributed by atoms with van der Waals surface area (Å²) in [6.45, 7) is 9.19. The number of aliphatic hydroxyl groups excluding tert-OH is 1. The Morgan fingerprint density at radius 2 is 1.95 bits per heavy atom. The number of benzene rings is 1. The highest BCUT2D eigenvalue weighted by Crippen LogP contribution is 2.34. The maximum absolute atomic E-state index is 9.23. The van der Waals surface area contributed by atoms with E-state index in [1.165, 1.54) is 5.56 Å². The first-order valence-electron chi connectivity index (χ1n) is 7.18. The summed E-state index contributed by atoms with van der Waals surface area (Å²) in [5.74, 6) is 1.62. The monoisotopic (exact) mass is 279 g/mol. The fourth-order valence-corrected chi connectivity index (χ4v) is 2.48. The first kappa shape index (κ1) is 15.1. The Morgan fingerprint density at radius 1 is 1.25 bits per heavy atom. The molecule has 0 amide bonds. The van der Waals surface area contributed by atoms with Gasteiger partial charge in [-0.25, -0.2) is 0 Å². The molecular weight excluding hydrogens is 254 g/mol. The molecule has 0 saturated carbocycles. The van der Waals surface area contributed by atoms with Crippen molar-refractivity contribution in [3.8, 4) is 11.5 Å². The van der Waals surface area contributed by atoms with Crippen LogP contribution in [-0.4, -0.2) is 24.5 Å². The van der Waals surface area contributed by atoms with Crippen molar-refractivity contribution >= 4 is 0 Å². The van der Waals surface area contributed by atoms with Gasteiger partial charge in [-0.05, 0) is 36.5 Å². The molecule has 1 aliphatic heterocycles. The summed E-state index contributed by atoms with van der Waals surface area (Å²) in [7, 11) is 0. The molecule has 0 aliphatic carbocycles. The normalized spacial score (nSPS) is 17.1. The Bertz CT molecular complexity index is 454. The predicted octanol–water partition coefficient (Wildman–Crippen LogP) is 2.86. The van der Waals surface area contributed by atoms with Gasteiger partial charge in [0.15, 0.2) is 11.5 Å². The highest BCUT2D eigenvalue weighted by atomic mass is 16.7. The molecule has 4 heteroatoms. The number of ether oxygens (including phenoxy) is 2. The highest BCUT2D eigenvalue weighted by Gasteiger charge is 2.26. The molecule has 2 N–H and O–H groups in total. The smallest absolute Gasteiger partial charge is 0.231 e. The van der Waals surface area contributed by atoms with E-state index in [0.29, 0.717) is 6.79 Å². The molecule has 0 bridgehead atoms. The van der Waals surface area contributed by atoms with E-state index < -0.39 is 0 Å². The summed E-state index contributed by atoms with van der Waals surface area (Å²) in [6, 6.07) is 6.49. The van der Waals surface area contributed by atoms with E-state index in [1.807, 2.05) is 12.1 Å². The molecule has 1 aromatic carbocycles. The third kappa shape index (κ3) is 3.44. The van der Waals surface area contributed by atoms with Crippen LogP contribution in [0.1, 0.15) is 45.7 Å². The van der Waals surface area contributed by atoms with E-state index in [4.69, 9.17) is 9.47 Å². The lowest BCUT2D eigenvalue weighted by molar-refractivity contribution is 0.173. The number of hydrogen-bond donors (Lipinski definition) is 2. The standard InChI is InChI=1S/C16H25NO3/c1-11(17-15(7-8-18)16(2,3)4)12-5-6-13-14(9-12)20-10-19-13/h5-6,9,11,15,17-18H,7-8,10H2,1-4H3. The number of aliphatic hydroxyl groups is 1. The van der Waals surface area contributed by atoms with Gasteiger partial charge in [0.1, 0.15) is 0 Å². The van der Waals surface area contributed by atoms with Crippen LogP contribution in [0.4, 0.5) is 0 Å². The van der Waals surface area contributed by atoms with E-state index in [-0.39, 0.29) is 24.1 Å². The molecule has 1 aromatic rings. The van der Waals surface area contributed by atoms with Gasteiger partial charge >= 0.3 is 0 Å². The van der Waals surface area contributed by atoms with Crippen molar-refractivity contribution in [2.24, 2.45) is 5.41 Å². The second-order valence-corrected chi connectivity index (χ2v) is 6.43. The largest absolute Gasteiger partial charge is 0.454 e. The Labute approximate surface area is 121 Å². The predicted molar refractivity (Wildman–Crippen MR) is 79.1 cm³/mol. The van der Waals surface area contributed by atoms with Crippen LogP contribution in [0.15, 0.2) is 18.2 Å². The number of fused-ring (bicyclic) bond motifs is 1. The number of nitrogens with one attached hydrogen (secondary N) is 1. The maximum atomic E-state index is 9.23. The van der Waals surface area contributed by atoms with Crippen molar-refractivity contribution in [3.63, 3.8) is 0 Å². The third-order valence-electron chi connectivity index (χ3n) is 3.81. The van der Waals surface area contributed by atoms with Gasteiger partial charge in [-0.3, -0.25) is 0 Å². The first-order chi connectivity index (χ1) is 9.41. The molecule has 2 unspecified atom stereocenters. The molecule has 0 fully saturated rings.